The number of fused-ring (bicyclic) bond motifs is 2. The third-order valence-corrected chi connectivity index (χ3v) is 7.26. The van der Waals surface area contributed by atoms with E-state index in [2.05, 4.69) is 19.1 Å². The minimum absolute atomic E-state index is 0.0975. The molecule has 3 aromatic carbocycles. The SMILES string of the molecule is CCC1=NN(c2ccccc2)[C@@]2(SC(C(C)=O)=NN2c2ccccc2Cl)c2ccccc21. The first kappa shape index (κ1) is 20.8. The Balaban J connectivity index is 1.84. The molecular weight excluding hydrogens is 440 g/mol. The molecule has 0 saturated carbocycles. The van der Waals surface area contributed by atoms with Gasteiger partial charge < -0.3 is 0 Å². The normalized spacial score (nSPS) is 19.6. The van der Waals surface area contributed by atoms with Gasteiger partial charge in [0.15, 0.2) is 10.8 Å². The molecule has 2 aliphatic rings. The quantitative estimate of drug-likeness (QED) is 0.462. The second kappa shape index (κ2) is 8.11. The van der Waals surface area contributed by atoms with Gasteiger partial charge in [-0.3, -0.25) is 4.79 Å². The van der Waals surface area contributed by atoms with Crippen LogP contribution in [0.3, 0.4) is 0 Å². The molecule has 32 heavy (non-hydrogen) atoms. The van der Waals surface area contributed by atoms with Crippen molar-refractivity contribution in [2.75, 3.05) is 10.0 Å². The van der Waals surface area contributed by atoms with Crippen LogP contribution in [0.2, 0.25) is 5.02 Å². The van der Waals surface area contributed by atoms with Crippen LogP contribution < -0.4 is 10.0 Å². The number of carbonyl (C=O) groups excluding carboxylic acids is 1. The van der Waals surface area contributed by atoms with E-state index in [0.29, 0.717) is 15.8 Å². The van der Waals surface area contributed by atoms with E-state index >= 15 is 0 Å². The third kappa shape index (κ3) is 3.14. The number of ketones is 1. The summed E-state index contributed by atoms with van der Waals surface area (Å²) >= 11 is 8.05. The summed E-state index contributed by atoms with van der Waals surface area (Å²) in [5.41, 5.74) is 4.65. The summed E-state index contributed by atoms with van der Waals surface area (Å²) in [4.78, 5) is 11.6. The Morgan fingerprint density at radius 2 is 1.62 bits per heavy atom. The summed E-state index contributed by atoms with van der Waals surface area (Å²) in [6, 6.07) is 25.7. The van der Waals surface area contributed by atoms with E-state index < -0.39 is 4.99 Å². The molecule has 0 fully saturated rings. The molecule has 0 radical (unpaired) electrons. The van der Waals surface area contributed by atoms with Gasteiger partial charge in [0.2, 0.25) is 4.99 Å². The first-order valence-electron chi connectivity index (χ1n) is 10.4. The number of thioether (sulfide) groups is 1. The van der Waals surface area contributed by atoms with Gasteiger partial charge in [0.1, 0.15) is 0 Å². The molecule has 5 nitrogen and oxygen atoms in total. The van der Waals surface area contributed by atoms with Gasteiger partial charge in [-0.2, -0.15) is 10.2 Å². The fraction of sp³-hybridized carbons (Fsp3) is 0.160. The Bertz CT molecular complexity index is 1260. The third-order valence-electron chi connectivity index (χ3n) is 5.53. The van der Waals surface area contributed by atoms with Crippen molar-refractivity contribution in [3.05, 3.63) is 95.0 Å². The number of rotatable bonds is 4. The van der Waals surface area contributed by atoms with E-state index in [9.17, 15) is 4.79 Å². The lowest BCUT2D eigenvalue weighted by molar-refractivity contribution is -0.110. The van der Waals surface area contributed by atoms with Gasteiger partial charge in [-0.05, 0) is 42.4 Å². The van der Waals surface area contributed by atoms with Gasteiger partial charge in [-0.15, -0.1) is 0 Å². The predicted octanol–water partition coefficient (Wildman–Crippen LogP) is 6.24. The summed E-state index contributed by atoms with van der Waals surface area (Å²) in [7, 11) is 0. The smallest absolute Gasteiger partial charge is 0.234 e. The monoisotopic (exact) mass is 460 g/mol. The number of benzene rings is 3. The van der Waals surface area contributed by atoms with Crippen LogP contribution in [0.1, 0.15) is 31.4 Å². The summed E-state index contributed by atoms with van der Waals surface area (Å²) < 4.78 is 0. The fourth-order valence-corrected chi connectivity index (χ4v) is 5.58. The molecule has 0 amide bonds. The number of halogens is 1. The summed E-state index contributed by atoms with van der Waals surface area (Å²) in [5, 5.41) is 14.7. The molecule has 0 aromatic heterocycles. The van der Waals surface area contributed by atoms with Crippen LogP contribution >= 0.6 is 23.4 Å². The van der Waals surface area contributed by atoms with Gasteiger partial charge in [0.25, 0.3) is 0 Å². The number of hydrazone groups is 2. The van der Waals surface area contributed by atoms with Crippen molar-refractivity contribution in [1.82, 2.24) is 0 Å². The maximum absolute atomic E-state index is 12.5. The van der Waals surface area contributed by atoms with Crippen LogP contribution in [0.25, 0.3) is 0 Å². The number of anilines is 2. The maximum atomic E-state index is 12.5. The number of Topliss-reactive ketones (excluding diaryl/α,β-unsaturated/α-hetero) is 1. The highest BCUT2D eigenvalue weighted by Crippen LogP contribution is 2.55. The van der Waals surface area contributed by atoms with Crippen molar-refractivity contribution in [2.24, 2.45) is 10.2 Å². The van der Waals surface area contributed by atoms with E-state index in [1.807, 2.05) is 76.7 Å². The number of hydrogen-bond donors (Lipinski definition) is 0. The van der Waals surface area contributed by atoms with Gasteiger partial charge in [0.05, 0.1) is 22.1 Å². The van der Waals surface area contributed by atoms with E-state index in [-0.39, 0.29) is 5.78 Å². The van der Waals surface area contributed by atoms with Crippen molar-refractivity contribution in [1.29, 1.82) is 0 Å². The summed E-state index contributed by atoms with van der Waals surface area (Å²) in [5.74, 6) is -0.0975. The highest BCUT2D eigenvalue weighted by atomic mass is 35.5. The van der Waals surface area contributed by atoms with E-state index in [0.717, 1.165) is 28.9 Å². The number of nitrogens with zero attached hydrogens (tertiary/aromatic N) is 4. The topological polar surface area (TPSA) is 48.3 Å². The van der Waals surface area contributed by atoms with Crippen molar-refractivity contribution in [2.45, 2.75) is 25.3 Å². The molecule has 0 unspecified atom stereocenters. The zero-order chi connectivity index (χ0) is 22.3. The second-order valence-electron chi connectivity index (χ2n) is 7.53. The molecule has 0 saturated heterocycles. The Hall–Kier alpha value is -3.09. The van der Waals surface area contributed by atoms with E-state index in [1.54, 1.807) is 0 Å². The van der Waals surface area contributed by atoms with Crippen molar-refractivity contribution in [3.8, 4) is 0 Å². The Kier molecular flexibility index (Phi) is 5.27. The van der Waals surface area contributed by atoms with Crippen molar-refractivity contribution in [3.63, 3.8) is 0 Å². The van der Waals surface area contributed by atoms with Gasteiger partial charge in [-0.25, -0.2) is 10.0 Å². The van der Waals surface area contributed by atoms with Crippen LogP contribution in [0.4, 0.5) is 11.4 Å². The molecule has 1 atom stereocenters. The Morgan fingerprint density at radius 1 is 0.938 bits per heavy atom. The number of carbonyl (C=O) groups is 1. The van der Waals surface area contributed by atoms with Crippen LogP contribution in [-0.2, 0) is 9.79 Å². The molecule has 7 heteroatoms. The summed E-state index contributed by atoms with van der Waals surface area (Å²) in [6.45, 7) is 3.64. The standard InChI is InChI=1S/C25H21ClN4OS/c1-3-22-19-13-7-8-14-20(19)25(29(27-22)18-11-5-4-6-12-18)30(28-24(32-25)17(2)31)23-16-10-9-15-21(23)26/h4-16H,3H2,1-2H3/t25-/m0/s1. The highest BCUT2D eigenvalue weighted by Gasteiger charge is 2.55. The van der Waals surface area contributed by atoms with Gasteiger partial charge >= 0.3 is 0 Å². The molecule has 0 aliphatic carbocycles. The lowest BCUT2D eigenvalue weighted by atomic mass is 9.96. The van der Waals surface area contributed by atoms with Crippen LogP contribution in [0.15, 0.2) is 89.1 Å². The molecule has 2 heterocycles. The second-order valence-corrected chi connectivity index (χ2v) is 9.10. The van der Waals surface area contributed by atoms with Crippen LogP contribution in [0, 0.1) is 0 Å². The first-order chi connectivity index (χ1) is 15.6. The molecule has 2 aliphatic heterocycles. The van der Waals surface area contributed by atoms with Crippen molar-refractivity contribution >= 4 is 51.3 Å². The fourth-order valence-electron chi connectivity index (χ4n) is 4.08. The lowest BCUT2D eigenvalue weighted by Crippen LogP contribution is -2.54. The first-order valence-corrected chi connectivity index (χ1v) is 11.6. The molecule has 3 aromatic rings. The zero-order valence-corrected chi connectivity index (χ0v) is 19.3. The number of para-hydroxylation sites is 2. The maximum Gasteiger partial charge on any atom is 0.234 e. The molecule has 0 N–H and O–H groups in total. The van der Waals surface area contributed by atoms with Crippen molar-refractivity contribution < 1.29 is 4.79 Å². The van der Waals surface area contributed by atoms with Crippen LogP contribution in [-0.4, -0.2) is 16.5 Å². The van der Waals surface area contributed by atoms with Gasteiger partial charge in [0, 0.05) is 18.1 Å². The average molecular weight is 461 g/mol. The van der Waals surface area contributed by atoms with Gasteiger partial charge in [-0.1, -0.05) is 73.1 Å². The lowest BCUT2D eigenvalue weighted by Gasteiger charge is -2.47. The Morgan fingerprint density at radius 3 is 2.34 bits per heavy atom. The Labute approximate surface area is 196 Å². The zero-order valence-electron chi connectivity index (χ0n) is 17.7. The number of hydrogen-bond acceptors (Lipinski definition) is 6. The molecule has 1 spiro atoms. The highest BCUT2D eigenvalue weighted by molar-refractivity contribution is 8.17. The van der Waals surface area contributed by atoms with Crippen LogP contribution in [0.5, 0.6) is 0 Å². The predicted molar refractivity (Wildman–Crippen MR) is 134 cm³/mol. The van der Waals surface area contributed by atoms with E-state index in [1.165, 1.54) is 18.7 Å². The average Bonchev–Trinajstić information content (AvgIpc) is 3.21. The minimum atomic E-state index is -0.942. The molecule has 0 bridgehead atoms. The van der Waals surface area contributed by atoms with E-state index in [4.69, 9.17) is 21.8 Å². The molecular formula is C25H21ClN4OS. The minimum Gasteiger partial charge on any atom is -0.292 e. The molecule has 160 valence electrons. The molecule has 5 rings (SSSR count). The largest absolute Gasteiger partial charge is 0.292 e. The summed E-state index contributed by atoms with van der Waals surface area (Å²) in [6.07, 6.45) is 0.771.